The van der Waals surface area contributed by atoms with Crippen LogP contribution >= 0.6 is 0 Å². The molecule has 0 bridgehead atoms. The Labute approximate surface area is 116 Å². The summed E-state index contributed by atoms with van der Waals surface area (Å²) in [6.45, 7) is 5.78. The van der Waals surface area contributed by atoms with Crippen molar-refractivity contribution in [3.05, 3.63) is 24.0 Å². The lowest BCUT2D eigenvalue weighted by Gasteiger charge is -2.08. The van der Waals surface area contributed by atoms with Crippen LogP contribution in [0.2, 0.25) is 0 Å². The van der Waals surface area contributed by atoms with E-state index in [1.54, 1.807) is 12.1 Å². The number of tetrazole rings is 1. The van der Waals surface area contributed by atoms with Gasteiger partial charge in [-0.1, -0.05) is 13.8 Å². The summed E-state index contributed by atoms with van der Waals surface area (Å²) in [7, 11) is 0. The molecule has 0 amide bonds. The van der Waals surface area contributed by atoms with E-state index < -0.39 is 5.82 Å². The molecule has 0 unspecified atom stereocenters. The molecule has 2 rings (SSSR count). The van der Waals surface area contributed by atoms with Crippen LogP contribution in [0.4, 0.5) is 10.1 Å². The third-order valence-electron chi connectivity index (χ3n) is 2.66. The number of benzene rings is 1. The Morgan fingerprint density at radius 3 is 2.90 bits per heavy atom. The molecule has 0 radical (unpaired) electrons. The van der Waals surface area contributed by atoms with Crippen LogP contribution in [0.5, 0.6) is 0 Å². The number of rotatable bonds is 6. The van der Waals surface area contributed by atoms with Gasteiger partial charge in [-0.25, -0.2) is 9.07 Å². The quantitative estimate of drug-likeness (QED) is 0.643. The lowest BCUT2D eigenvalue weighted by atomic mass is 10.2. The van der Waals surface area contributed by atoms with Crippen LogP contribution in [0.15, 0.2) is 18.2 Å². The molecule has 20 heavy (non-hydrogen) atoms. The predicted octanol–water partition coefficient (Wildman–Crippen LogP) is 1.73. The zero-order valence-corrected chi connectivity index (χ0v) is 11.6. The molecule has 1 heterocycles. The fourth-order valence-electron chi connectivity index (χ4n) is 1.73. The van der Waals surface area contributed by atoms with E-state index in [2.05, 4.69) is 29.4 Å². The monoisotopic (exact) mass is 279 g/mol. The summed E-state index contributed by atoms with van der Waals surface area (Å²) in [5.74, 6) is 0.401. The van der Waals surface area contributed by atoms with Gasteiger partial charge in [0.15, 0.2) is 5.82 Å². The van der Waals surface area contributed by atoms with Crippen molar-refractivity contribution in [2.45, 2.75) is 20.4 Å². The molecular formula is C13H18FN5O. The van der Waals surface area contributed by atoms with E-state index in [-0.39, 0.29) is 0 Å². The number of anilines is 1. The molecule has 2 aromatic rings. The summed E-state index contributed by atoms with van der Waals surface area (Å²) in [6, 6.07) is 4.44. The van der Waals surface area contributed by atoms with Crippen molar-refractivity contribution in [1.29, 1.82) is 0 Å². The van der Waals surface area contributed by atoms with Gasteiger partial charge in [0.2, 0.25) is 0 Å². The molecule has 7 heteroatoms. The van der Waals surface area contributed by atoms with Gasteiger partial charge in [0, 0.05) is 12.3 Å². The highest BCUT2D eigenvalue weighted by Gasteiger charge is 2.13. The Hall–Kier alpha value is -2.02. The van der Waals surface area contributed by atoms with E-state index in [9.17, 15) is 4.39 Å². The van der Waals surface area contributed by atoms with E-state index in [1.807, 2.05) is 0 Å². The molecule has 0 aliphatic carbocycles. The fourth-order valence-corrected chi connectivity index (χ4v) is 1.73. The zero-order chi connectivity index (χ0) is 14.5. The summed E-state index contributed by atoms with van der Waals surface area (Å²) in [6.07, 6.45) is 0. The number of nitrogens with two attached hydrogens (primary N) is 1. The first kappa shape index (κ1) is 14.4. The van der Waals surface area contributed by atoms with E-state index in [0.29, 0.717) is 42.8 Å². The maximum absolute atomic E-state index is 13.9. The third kappa shape index (κ3) is 3.51. The molecule has 0 aliphatic rings. The second-order valence-corrected chi connectivity index (χ2v) is 4.93. The van der Waals surface area contributed by atoms with Crippen molar-refractivity contribution < 1.29 is 9.13 Å². The molecule has 0 saturated heterocycles. The third-order valence-corrected chi connectivity index (χ3v) is 2.66. The molecule has 0 atom stereocenters. The van der Waals surface area contributed by atoms with Gasteiger partial charge in [0.25, 0.3) is 0 Å². The highest BCUT2D eigenvalue weighted by molar-refractivity contribution is 5.59. The number of nitrogen functional groups attached to an aromatic ring is 1. The van der Waals surface area contributed by atoms with Crippen LogP contribution < -0.4 is 5.73 Å². The lowest BCUT2D eigenvalue weighted by Crippen LogP contribution is -2.12. The standard InChI is InChI=1S/C13H18FN5O/c1-9(2)8-20-6-5-19-13(16-17-18-19)11-4-3-10(15)7-12(11)14/h3-4,7,9H,5-6,8,15H2,1-2H3. The molecule has 6 nitrogen and oxygen atoms in total. The van der Waals surface area contributed by atoms with Crippen LogP contribution in [0.3, 0.4) is 0 Å². The van der Waals surface area contributed by atoms with Crippen LogP contribution in [0.1, 0.15) is 13.8 Å². The van der Waals surface area contributed by atoms with Crippen LogP contribution in [0, 0.1) is 11.7 Å². The highest BCUT2D eigenvalue weighted by Crippen LogP contribution is 2.21. The lowest BCUT2D eigenvalue weighted by molar-refractivity contribution is 0.101. The summed E-state index contributed by atoms with van der Waals surface area (Å²) in [5.41, 5.74) is 6.22. The predicted molar refractivity (Wildman–Crippen MR) is 73.3 cm³/mol. The smallest absolute Gasteiger partial charge is 0.185 e. The molecule has 1 aromatic carbocycles. The summed E-state index contributed by atoms with van der Waals surface area (Å²) >= 11 is 0. The van der Waals surface area contributed by atoms with Gasteiger partial charge in [-0.2, -0.15) is 0 Å². The highest BCUT2D eigenvalue weighted by atomic mass is 19.1. The van der Waals surface area contributed by atoms with Crippen molar-refractivity contribution in [3.63, 3.8) is 0 Å². The van der Waals surface area contributed by atoms with Gasteiger partial charge in [-0.15, -0.1) is 5.10 Å². The topological polar surface area (TPSA) is 78.8 Å². The molecule has 1 aromatic heterocycles. The largest absolute Gasteiger partial charge is 0.399 e. The van der Waals surface area contributed by atoms with E-state index in [4.69, 9.17) is 10.5 Å². The maximum atomic E-state index is 13.9. The summed E-state index contributed by atoms with van der Waals surface area (Å²) in [5, 5.41) is 11.3. The van der Waals surface area contributed by atoms with Gasteiger partial charge in [-0.3, -0.25) is 0 Å². The minimum absolute atomic E-state index is 0.327. The van der Waals surface area contributed by atoms with Crippen molar-refractivity contribution in [3.8, 4) is 11.4 Å². The number of hydrogen-bond acceptors (Lipinski definition) is 5. The van der Waals surface area contributed by atoms with E-state index in [1.165, 1.54) is 10.7 Å². The maximum Gasteiger partial charge on any atom is 0.185 e. The molecule has 0 saturated carbocycles. The van der Waals surface area contributed by atoms with E-state index in [0.717, 1.165) is 0 Å². The van der Waals surface area contributed by atoms with Crippen molar-refractivity contribution in [2.75, 3.05) is 18.9 Å². The Balaban J connectivity index is 2.08. The molecule has 0 spiro atoms. The molecular weight excluding hydrogens is 261 g/mol. The van der Waals surface area contributed by atoms with Crippen LogP contribution in [0.25, 0.3) is 11.4 Å². The summed E-state index contributed by atoms with van der Waals surface area (Å²) < 4.78 is 20.9. The molecule has 108 valence electrons. The second-order valence-electron chi connectivity index (χ2n) is 4.93. The first-order chi connectivity index (χ1) is 9.58. The molecule has 2 N–H and O–H groups in total. The summed E-state index contributed by atoms with van der Waals surface area (Å²) in [4.78, 5) is 0. The van der Waals surface area contributed by atoms with Crippen molar-refractivity contribution >= 4 is 5.69 Å². The Morgan fingerprint density at radius 1 is 1.40 bits per heavy atom. The van der Waals surface area contributed by atoms with Gasteiger partial charge in [-0.05, 0) is 34.5 Å². The Bertz CT molecular complexity index is 570. The van der Waals surface area contributed by atoms with Gasteiger partial charge in [0.1, 0.15) is 5.82 Å². The average Bonchev–Trinajstić information content (AvgIpc) is 2.82. The van der Waals surface area contributed by atoms with Gasteiger partial charge >= 0.3 is 0 Å². The first-order valence-corrected chi connectivity index (χ1v) is 6.47. The Kier molecular flexibility index (Phi) is 4.62. The van der Waals surface area contributed by atoms with Crippen LogP contribution in [-0.4, -0.2) is 33.4 Å². The SMILES string of the molecule is CC(C)COCCn1nnnc1-c1ccc(N)cc1F. The van der Waals surface area contributed by atoms with Crippen molar-refractivity contribution in [2.24, 2.45) is 5.92 Å². The van der Waals surface area contributed by atoms with Gasteiger partial charge in [0.05, 0.1) is 18.7 Å². The minimum Gasteiger partial charge on any atom is -0.399 e. The number of hydrogen-bond donors (Lipinski definition) is 1. The minimum atomic E-state index is -0.441. The molecule has 0 fully saturated rings. The zero-order valence-electron chi connectivity index (χ0n) is 11.6. The number of aromatic nitrogens is 4. The Morgan fingerprint density at radius 2 is 2.20 bits per heavy atom. The average molecular weight is 279 g/mol. The van der Waals surface area contributed by atoms with E-state index >= 15 is 0 Å². The van der Waals surface area contributed by atoms with Crippen molar-refractivity contribution in [1.82, 2.24) is 20.2 Å². The normalized spacial score (nSPS) is 11.2. The van der Waals surface area contributed by atoms with Crippen LogP contribution in [-0.2, 0) is 11.3 Å². The fraction of sp³-hybridized carbons (Fsp3) is 0.462. The number of ether oxygens (including phenoxy) is 1. The first-order valence-electron chi connectivity index (χ1n) is 6.47. The second kappa shape index (κ2) is 6.42. The number of halogens is 1. The van der Waals surface area contributed by atoms with Gasteiger partial charge < -0.3 is 10.5 Å². The molecule has 0 aliphatic heterocycles. The number of nitrogens with zero attached hydrogens (tertiary/aromatic N) is 4.